The van der Waals surface area contributed by atoms with Crippen molar-refractivity contribution in [2.45, 2.75) is 5.88 Å². The van der Waals surface area contributed by atoms with E-state index in [-0.39, 0.29) is 5.88 Å². The highest BCUT2D eigenvalue weighted by molar-refractivity contribution is 6.32. The Morgan fingerprint density at radius 2 is 1.80 bits per heavy atom. The molecule has 0 fully saturated rings. The summed E-state index contributed by atoms with van der Waals surface area (Å²) in [5.41, 5.74) is 2.81. The van der Waals surface area contributed by atoms with Crippen LogP contribution in [0.3, 0.4) is 0 Å². The molecule has 0 atom stereocenters. The Labute approximate surface area is 126 Å². The number of hydrogen-bond acceptors (Lipinski definition) is 2. The second-order valence-corrected chi connectivity index (χ2v) is 4.95. The number of nitrogens with zero attached hydrogens (tertiary/aromatic N) is 3. The fourth-order valence-electron chi connectivity index (χ4n) is 1.92. The van der Waals surface area contributed by atoms with E-state index in [9.17, 15) is 0 Å². The van der Waals surface area contributed by atoms with E-state index in [1.807, 2.05) is 48.8 Å². The molecule has 1 aromatic carbocycles. The third kappa shape index (κ3) is 2.55. The van der Waals surface area contributed by atoms with E-state index in [1.54, 1.807) is 10.7 Å². The van der Waals surface area contributed by atoms with Crippen LogP contribution in [0.4, 0.5) is 0 Å². The maximum Gasteiger partial charge on any atom is 0.153 e. The van der Waals surface area contributed by atoms with Gasteiger partial charge in [-0.3, -0.25) is 0 Å². The predicted molar refractivity (Wildman–Crippen MR) is 81.4 cm³/mol. The Hall–Kier alpha value is -1.84. The average Bonchev–Trinajstić information content (AvgIpc) is 2.98. The Morgan fingerprint density at radius 3 is 2.55 bits per heavy atom. The quantitative estimate of drug-likeness (QED) is 0.674. The molecule has 0 saturated heterocycles. The molecule has 2 heterocycles. The first-order valence-electron chi connectivity index (χ1n) is 6.10. The van der Waals surface area contributed by atoms with Crippen molar-refractivity contribution >= 4 is 23.2 Å². The number of aromatic nitrogens is 3. The number of halogens is 2. The van der Waals surface area contributed by atoms with E-state index in [2.05, 4.69) is 10.1 Å². The molecule has 0 spiro atoms. The molecular weight excluding hydrogens is 293 g/mol. The zero-order valence-electron chi connectivity index (χ0n) is 10.5. The minimum atomic E-state index is 0.277. The highest BCUT2D eigenvalue weighted by Gasteiger charge is 2.07. The van der Waals surface area contributed by atoms with Crippen LogP contribution in [-0.4, -0.2) is 14.8 Å². The van der Waals surface area contributed by atoms with Crippen LogP contribution in [0.1, 0.15) is 5.69 Å². The Balaban J connectivity index is 1.98. The highest BCUT2D eigenvalue weighted by Crippen LogP contribution is 2.21. The fraction of sp³-hybridized carbons (Fsp3) is 0.0667. The topological polar surface area (TPSA) is 30.7 Å². The minimum Gasteiger partial charge on any atom is -0.231 e. The van der Waals surface area contributed by atoms with Crippen LogP contribution in [0.5, 0.6) is 0 Å². The summed E-state index contributed by atoms with van der Waals surface area (Å²) >= 11 is 11.8. The van der Waals surface area contributed by atoms with Gasteiger partial charge >= 0.3 is 0 Å². The lowest BCUT2D eigenvalue weighted by Crippen LogP contribution is -2.00. The molecule has 3 rings (SSSR count). The van der Waals surface area contributed by atoms with Crippen LogP contribution in [0.25, 0.3) is 16.9 Å². The Kier molecular flexibility index (Phi) is 3.72. The second kappa shape index (κ2) is 5.65. The first-order valence-corrected chi connectivity index (χ1v) is 7.01. The summed E-state index contributed by atoms with van der Waals surface area (Å²) in [6.45, 7) is 0. The summed E-state index contributed by atoms with van der Waals surface area (Å²) in [5, 5.41) is 4.90. The lowest BCUT2D eigenvalue weighted by molar-refractivity contribution is 0.839. The van der Waals surface area contributed by atoms with Gasteiger partial charge in [-0.1, -0.05) is 41.9 Å². The molecule has 0 N–H and O–H groups in total. The molecular formula is C15H11Cl2N3. The van der Waals surface area contributed by atoms with E-state index < -0.39 is 0 Å². The van der Waals surface area contributed by atoms with Gasteiger partial charge in [0.2, 0.25) is 0 Å². The second-order valence-electron chi connectivity index (χ2n) is 4.27. The molecule has 0 aliphatic rings. The van der Waals surface area contributed by atoms with Crippen LogP contribution in [0.2, 0.25) is 5.02 Å². The molecule has 3 nitrogen and oxygen atoms in total. The summed E-state index contributed by atoms with van der Waals surface area (Å²) in [6, 6.07) is 13.7. The van der Waals surface area contributed by atoms with Crippen LogP contribution in [0.15, 0.2) is 54.9 Å². The normalized spacial score (nSPS) is 10.7. The van der Waals surface area contributed by atoms with Crippen molar-refractivity contribution in [1.29, 1.82) is 0 Å². The van der Waals surface area contributed by atoms with Crippen LogP contribution >= 0.6 is 23.2 Å². The summed E-state index contributed by atoms with van der Waals surface area (Å²) in [7, 11) is 0. The van der Waals surface area contributed by atoms with Gasteiger partial charge < -0.3 is 0 Å². The molecule has 0 radical (unpaired) electrons. The largest absolute Gasteiger partial charge is 0.231 e. The maximum atomic E-state index is 6.01. The molecule has 2 aromatic heterocycles. The number of hydrogen-bond donors (Lipinski definition) is 0. The molecule has 20 heavy (non-hydrogen) atoms. The summed E-state index contributed by atoms with van der Waals surface area (Å²) in [5.74, 6) is 0.978. The van der Waals surface area contributed by atoms with Crippen molar-refractivity contribution in [3.63, 3.8) is 0 Å². The van der Waals surface area contributed by atoms with Crippen molar-refractivity contribution in [1.82, 2.24) is 14.8 Å². The minimum absolute atomic E-state index is 0.277. The first-order chi connectivity index (χ1) is 9.78. The van der Waals surface area contributed by atoms with E-state index >= 15 is 0 Å². The molecule has 0 aliphatic heterocycles. The monoisotopic (exact) mass is 303 g/mol. The van der Waals surface area contributed by atoms with Crippen molar-refractivity contribution in [3.05, 3.63) is 65.6 Å². The molecule has 0 saturated carbocycles. The number of benzene rings is 1. The van der Waals surface area contributed by atoms with E-state index in [4.69, 9.17) is 23.2 Å². The third-order valence-corrected chi connectivity index (χ3v) is 3.55. The number of rotatable bonds is 3. The third-order valence-electron chi connectivity index (χ3n) is 2.95. The van der Waals surface area contributed by atoms with Gasteiger partial charge in [-0.15, -0.1) is 11.6 Å². The zero-order valence-corrected chi connectivity index (χ0v) is 12.0. The van der Waals surface area contributed by atoms with Crippen molar-refractivity contribution in [2.75, 3.05) is 0 Å². The molecule has 3 aromatic rings. The van der Waals surface area contributed by atoms with E-state index in [0.29, 0.717) is 16.5 Å². The summed E-state index contributed by atoms with van der Waals surface area (Å²) < 4.78 is 1.72. The van der Waals surface area contributed by atoms with Gasteiger partial charge in [0, 0.05) is 11.8 Å². The van der Waals surface area contributed by atoms with E-state index in [1.165, 1.54) is 0 Å². The SMILES string of the molecule is ClCc1nc(-n2cc(-c3ccccc3)cn2)ccc1Cl. The van der Waals surface area contributed by atoms with Gasteiger partial charge in [0.1, 0.15) is 0 Å². The van der Waals surface area contributed by atoms with Crippen LogP contribution in [0, 0.1) is 0 Å². The lowest BCUT2D eigenvalue weighted by atomic mass is 10.1. The lowest BCUT2D eigenvalue weighted by Gasteiger charge is -2.04. The first kappa shape index (κ1) is 13.2. The molecule has 0 amide bonds. The van der Waals surface area contributed by atoms with Gasteiger partial charge in [-0.2, -0.15) is 5.10 Å². The van der Waals surface area contributed by atoms with Gasteiger partial charge in [-0.25, -0.2) is 9.67 Å². The molecule has 0 bridgehead atoms. The van der Waals surface area contributed by atoms with Crippen molar-refractivity contribution < 1.29 is 0 Å². The molecule has 0 aliphatic carbocycles. The van der Waals surface area contributed by atoms with Gasteiger partial charge in [0.05, 0.1) is 22.8 Å². The van der Waals surface area contributed by atoms with Gasteiger partial charge in [0.15, 0.2) is 5.82 Å². The number of pyridine rings is 1. The number of alkyl halides is 1. The highest BCUT2D eigenvalue weighted by atomic mass is 35.5. The fourth-order valence-corrected chi connectivity index (χ4v) is 2.37. The van der Waals surface area contributed by atoms with Crippen molar-refractivity contribution in [3.8, 4) is 16.9 Å². The van der Waals surface area contributed by atoms with Crippen LogP contribution < -0.4 is 0 Å². The van der Waals surface area contributed by atoms with Gasteiger partial charge in [0.25, 0.3) is 0 Å². The van der Waals surface area contributed by atoms with Gasteiger partial charge in [-0.05, 0) is 17.7 Å². The summed E-state index contributed by atoms with van der Waals surface area (Å²) in [4.78, 5) is 4.40. The Bertz CT molecular complexity index is 723. The maximum absolute atomic E-state index is 6.01. The summed E-state index contributed by atoms with van der Waals surface area (Å²) in [6.07, 6.45) is 3.75. The predicted octanol–water partition coefficient (Wildman–Crippen LogP) is 4.33. The Morgan fingerprint density at radius 1 is 1.00 bits per heavy atom. The standard InChI is InChI=1S/C15H11Cl2N3/c16-8-14-13(17)6-7-15(19-14)20-10-12(9-18-20)11-4-2-1-3-5-11/h1-7,9-10H,8H2. The smallest absolute Gasteiger partial charge is 0.153 e. The van der Waals surface area contributed by atoms with Crippen molar-refractivity contribution in [2.24, 2.45) is 0 Å². The molecule has 0 unspecified atom stereocenters. The van der Waals surface area contributed by atoms with Crippen LogP contribution in [-0.2, 0) is 5.88 Å². The molecule has 5 heteroatoms. The zero-order chi connectivity index (χ0) is 13.9. The average molecular weight is 304 g/mol. The molecule has 100 valence electrons. The van der Waals surface area contributed by atoms with E-state index in [0.717, 1.165) is 11.1 Å².